The first-order valence-corrected chi connectivity index (χ1v) is 11.2. The van der Waals surface area contributed by atoms with Gasteiger partial charge >= 0.3 is 0 Å². The summed E-state index contributed by atoms with van der Waals surface area (Å²) in [5.41, 5.74) is 2.27. The van der Waals surface area contributed by atoms with Gasteiger partial charge < -0.3 is 9.64 Å². The van der Waals surface area contributed by atoms with Gasteiger partial charge in [-0.05, 0) is 49.2 Å². The second kappa shape index (κ2) is 9.12. The van der Waals surface area contributed by atoms with Crippen LogP contribution >= 0.6 is 11.6 Å². The zero-order valence-electron chi connectivity index (χ0n) is 18.0. The molecule has 0 radical (unpaired) electrons. The lowest BCUT2D eigenvalue weighted by molar-refractivity contribution is 0.0793. The fourth-order valence-corrected chi connectivity index (χ4v) is 4.30. The first-order chi connectivity index (χ1) is 16.5. The van der Waals surface area contributed by atoms with Crippen molar-refractivity contribution in [3.63, 3.8) is 0 Å². The van der Waals surface area contributed by atoms with Crippen LogP contribution < -0.4 is 4.74 Å². The minimum Gasteiger partial charge on any atom is -0.486 e. The summed E-state index contributed by atoms with van der Waals surface area (Å²) in [4.78, 5) is 18.9. The van der Waals surface area contributed by atoms with Gasteiger partial charge in [-0.15, -0.1) is 0 Å². The van der Waals surface area contributed by atoms with E-state index < -0.39 is 5.82 Å². The number of halogens is 2. The number of nitrogens with one attached hydrogen (secondary N) is 1. The number of likely N-dealkylation sites (tertiary alicyclic amines) is 1. The van der Waals surface area contributed by atoms with Crippen LogP contribution in [0.2, 0.25) is 5.02 Å². The average molecular weight is 476 g/mol. The Morgan fingerprint density at radius 2 is 2.03 bits per heavy atom. The molecule has 3 heterocycles. The normalized spacial score (nSPS) is 13.3. The molecule has 4 aromatic rings. The van der Waals surface area contributed by atoms with Gasteiger partial charge in [0.15, 0.2) is 5.65 Å². The molecule has 0 aliphatic carbocycles. The highest BCUT2D eigenvalue weighted by Crippen LogP contribution is 2.37. The monoisotopic (exact) mass is 475 g/mol. The van der Waals surface area contributed by atoms with Gasteiger partial charge in [0, 0.05) is 47.4 Å². The van der Waals surface area contributed by atoms with E-state index in [1.54, 1.807) is 17.2 Å². The number of benzene rings is 2. The number of amides is 1. The number of pyridine rings is 1. The Bertz CT molecular complexity index is 1440. The van der Waals surface area contributed by atoms with Crippen LogP contribution in [0.5, 0.6) is 5.75 Å². The molecule has 1 fully saturated rings. The molecule has 2 aromatic carbocycles. The summed E-state index contributed by atoms with van der Waals surface area (Å²) in [6.07, 6.45) is 3.57. The van der Waals surface area contributed by atoms with Crippen molar-refractivity contribution in [1.82, 2.24) is 20.1 Å². The Kier molecular flexibility index (Phi) is 5.86. The van der Waals surface area contributed by atoms with Crippen LogP contribution in [0.3, 0.4) is 0 Å². The lowest BCUT2D eigenvalue weighted by Gasteiger charge is -2.17. The molecule has 170 valence electrons. The standard InChI is InChI=1S/C25H19ClFN5O2/c26-20-12-23(34-14-22-17-4-3-7-29-24(17)31-30-22)19(11-16(20)13-28)18-10-15(5-6-21(18)27)25(33)32-8-1-2-9-32/h3-7,10-12H,1-2,8-9,14H2,(H,29,30,31). The molecular formula is C25H19ClFN5O2. The Morgan fingerprint density at radius 1 is 1.21 bits per heavy atom. The van der Waals surface area contributed by atoms with E-state index >= 15 is 4.39 Å². The molecule has 2 aromatic heterocycles. The number of aromatic amines is 1. The lowest BCUT2D eigenvalue weighted by atomic mass is 9.99. The molecule has 5 rings (SSSR count). The van der Waals surface area contributed by atoms with E-state index in [-0.39, 0.29) is 34.4 Å². The van der Waals surface area contributed by atoms with E-state index in [4.69, 9.17) is 16.3 Å². The van der Waals surface area contributed by atoms with Gasteiger partial charge in [0.1, 0.15) is 29.9 Å². The number of rotatable bonds is 5. The fourth-order valence-electron chi connectivity index (χ4n) is 4.10. The van der Waals surface area contributed by atoms with Crippen molar-refractivity contribution in [2.75, 3.05) is 13.1 Å². The van der Waals surface area contributed by atoms with Gasteiger partial charge in [-0.1, -0.05) is 11.6 Å². The number of ether oxygens (including phenoxy) is 1. The quantitative estimate of drug-likeness (QED) is 0.433. The summed E-state index contributed by atoms with van der Waals surface area (Å²) in [6.45, 7) is 1.44. The number of H-pyrrole nitrogens is 1. The molecule has 0 atom stereocenters. The molecule has 1 aliphatic rings. The number of carbonyl (C=O) groups is 1. The van der Waals surface area contributed by atoms with Crippen molar-refractivity contribution < 1.29 is 13.9 Å². The number of carbonyl (C=O) groups excluding carboxylic acids is 1. The Morgan fingerprint density at radius 3 is 2.82 bits per heavy atom. The minimum absolute atomic E-state index is 0.0644. The van der Waals surface area contributed by atoms with E-state index in [9.17, 15) is 10.1 Å². The first kappa shape index (κ1) is 21.9. The van der Waals surface area contributed by atoms with Crippen LogP contribution in [0, 0.1) is 17.1 Å². The topological polar surface area (TPSA) is 94.9 Å². The molecule has 1 N–H and O–H groups in total. The Hall–Kier alpha value is -3.96. The third-order valence-electron chi connectivity index (χ3n) is 5.87. The highest BCUT2D eigenvalue weighted by molar-refractivity contribution is 6.32. The highest BCUT2D eigenvalue weighted by Gasteiger charge is 2.22. The minimum atomic E-state index is -0.538. The Labute approximate surface area is 199 Å². The first-order valence-electron chi connectivity index (χ1n) is 10.8. The van der Waals surface area contributed by atoms with E-state index in [1.165, 1.54) is 30.3 Å². The molecule has 1 saturated heterocycles. The average Bonchev–Trinajstić information content (AvgIpc) is 3.53. The van der Waals surface area contributed by atoms with Crippen molar-refractivity contribution >= 4 is 28.5 Å². The molecule has 7 nitrogen and oxygen atoms in total. The highest BCUT2D eigenvalue weighted by atomic mass is 35.5. The molecule has 1 amide bonds. The number of hydrogen-bond acceptors (Lipinski definition) is 5. The molecule has 0 unspecified atom stereocenters. The van der Waals surface area contributed by atoms with Crippen molar-refractivity contribution in [2.45, 2.75) is 19.4 Å². The summed E-state index contributed by atoms with van der Waals surface area (Å²) in [5, 5.41) is 17.6. The number of fused-ring (bicyclic) bond motifs is 1. The van der Waals surface area contributed by atoms with Crippen molar-refractivity contribution in [2.24, 2.45) is 0 Å². The third-order valence-corrected chi connectivity index (χ3v) is 6.18. The second-order valence-corrected chi connectivity index (χ2v) is 8.40. The summed E-state index contributed by atoms with van der Waals surface area (Å²) in [7, 11) is 0. The summed E-state index contributed by atoms with van der Waals surface area (Å²) in [6, 6.07) is 12.9. The molecule has 34 heavy (non-hydrogen) atoms. The van der Waals surface area contributed by atoms with Crippen LogP contribution in [-0.2, 0) is 6.61 Å². The van der Waals surface area contributed by atoms with Gasteiger partial charge in [-0.3, -0.25) is 9.89 Å². The van der Waals surface area contributed by atoms with Crippen molar-refractivity contribution in [1.29, 1.82) is 5.26 Å². The maximum absolute atomic E-state index is 15.0. The Balaban J connectivity index is 1.53. The zero-order chi connectivity index (χ0) is 23.7. The fraction of sp³-hybridized carbons (Fsp3) is 0.200. The molecular weight excluding hydrogens is 457 g/mol. The number of nitriles is 1. The smallest absolute Gasteiger partial charge is 0.253 e. The van der Waals surface area contributed by atoms with Gasteiger partial charge in [0.2, 0.25) is 0 Å². The third kappa shape index (κ3) is 4.06. The van der Waals surface area contributed by atoms with Crippen LogP contribution in [0.1, 0.15) is 34.5 Å². The van der Waals surface area contributed by atoms with Crippen LogP contribution in [0.15, 0.2) is 48.7 Å². The molecule has 0 bridgehead atoms. The molecule has 1 aliphatic heterocycles. The van der Waals surface area contributed by atoms with E-state index in [2.05, 4.69) is 15.2 Å². The van der Waals surface area contributed by atoms with E-state index in [0.717, 1.165) is 18.2 Å². The SMILES string of the molecule is N#Cc1cc(-c2cc(C(=O)N3CCCC3)ccc2F)c(OCc2n[nH]c3ncccc23)cc1Cl. The van der Waals surface area contributed by atoms with Gasteiger partial charge in [0.25, 0.3) is 5.91 Å². The number of nitrogens with zero attached hydrogens (tertiary/aromatic N) is 4. The summed E-state index contributed by atoms with van der Waals surface area (Å²) in [5.74, 6) is -0.414. The summed E-state index contributed by atoms with van der Waals surface area (Å²) < 4.78 is 21.0. The maximum atomic E-state index is 15.0. The van der Waals surface area contributed by atoms with E-state index in [1.807, 2.05) is 12.1 Å². The summed E-state index contributed by atoms with van der Waals surface area (Å²) >= 11 is 6.26. The number of hydrogen-bond donors (Lipinski definition) is 1. The van der Waals surface area contributed by atoms with Gasteiger partial charge in [-0.25, -0.2) is 9.37 Å². The molecule has 0 spiro atoms. The predicted octanol–water partition coefficient (Wildman–Crippen LogP) is 5.10. The maximum Gasteiger partial charge on any atom is 0.253 e. The van der Waals surface area contributed by atoms with Gasteiger partial charge in [0.05, 0.1) is 10.6 Å². The van der Waals surface area contributed by atoms with Gasteiger partial charge in [-0.2, -0.15) is 10.4 Å². The predicted molar refractivity (Wildman–Crippen MR) is 125 cm³/mol. The largest absolute Gasteiger partial charge is 0.486 e. The zero-order valence-corrected chi connectivity index (χ0v) is 18.8. The van der Waals surface area contributed by atoms with Crippen LogP contribution in [0.25, 0.3) is 22.2 Å². The van der Waals surface area contributed by atoms with E-state index in [0.29, 0.717) is 35.6 Å². The van der Waals surface area contributed by atoms with Crippen LogP contribution in [-0.4, -0.2) is 39.1 Å². The molecule has 0 saturated carbocycles. The second-order valence-electron chi connectivity index (χ2n) is 7.99. The lowest BCUT2D eigenvalue weighted by Crippen LogP contribution is -2.27. The number of aromatic nitrogens is 3. The van der Waals surface area contributed by atoms with Crippen molar-refractivity contribution in [3.8, 4) is 22.9 Å². The van der Waals surface area contributed by atoms with Crippen molar-refractivity contribution in [3.05, 3.63) is 76.3 Å². The van der Waals surface area contributed by atoms with Crippen LogP contribution in [0.4, 0.5) is 4.39 Å². The molecule has 9 heteroatoms.